The molecule has 0 radical (unpaired) electrons. The van der Waals surface area contributed by atoms with Crippen LogP contribution in [-0.2, 0) is 0 Å². The van der Waals surface area contributed by atoms with Crippen LogP contribution in [0, 0.1) is 23.5 Å². The zero-order chi connectivity index (χ0) is 10.1. The molecular weight excluding hydrogens is 193 g/mol. The van der Waals surface area contributed by atoms with E-state index >= 15 is 0 Å². The number of rotatable bonds is 3. The van der Waals surface area contributed by atoms with Crippen LogP contribution in [0.25, 0.3) is 0 Å². The van der Waals surface area contributed by atoms with Gasteiger partial charge in [-0.15, -0.1) is 0 Å². The fraction of sp³-hybridized carbons (Fsp3) is 0.444. The third-order valence-corrected chi connectivity index (χ3v) is 2.14. The summed E-state index contributed by atoms with van der Waals surface area (Å²) in [5.41, 5.74) is 0. The molecule has 1 saturated carbocycles. The van der Waals surface area contributed by atoms with E-state index in [2.05, 4.69) is 10.3 Å². The molecule has 0 spiro atoms. The van der Waals surface area contributed by atoms with E-state index < -0.39 is 17.6 Å². The lowest BCUT2D eigenvalue weighted by Gasteiger charge is -2.05. The molecule has 1 aliphatic rings. The second-order valence-electron chi connectivity index (χ2n) is 3.42. The highest BCUT2D eigenvalue weighted by atomic mass is 19.2. The number of hydrogen-bond acceptors (Lipinski definition) is 2. The molecule has 0 aliphatic heterocycles. The molecule has 1 fully saturated rings. The maximum absolute atomic E-state index is 13.0. The molecule has 1 N–H and O–H groups in total. The maximum atomic E-state index is 13.0. The van der Waals surface area contributed by atoms with E-state index in [1.807, 2.05) is 0 Å². The van der Waals surface area contributed by atoms with Crippen LogP contribution in [0.4, 0.5) is 19.0 Å². The number of halogens is 3. The molecule has 0 atom stereocenters. The van der Waals surface area contributed by atoms with E-state index in [0.29, 0.717) is 18.5 Å². The maximum Gasteiger partial charge on any atom is 0.251 e. The van der Waals surface area contributed by atoms with Crippen LogP contribution in [0.5, 0.6) is 0 Å². The number of anilines is 1. The van der Waals surface area contributed by atoms with Gasteiger partial charge in [0.25, 0.3) is 5.95 Å². The molecule has 2 rings (SSSR count). The smallest absolute Gasteiger partial charge is 0.251 e. The fourth-order valence-corrected chi connectivity index (χ4v) is 1.13. The van der Waals surface area contributed by atoms with E-state index in [1.54, 1.807) is 0 Å². The van der Waals surface area contributed by atoms with E-state index in [1.165, 1.54) is 0 Å². The topological polar surface area (TPSA) is 24.9 Å². The Bertz CT molecular complexity index is 350. The highest BCUT2D eigenvalue weighted by Gasteiger charge is 2.21. The van der Waals surface area contributed by atoms with Crippen molar-refractivity contribution in [2.24, 2.45) is 5.92 Å². The molecule has 1 aromatic rings. The molecule has 1 aromatic heterocycles. The summed E-state index contributed by atoms with van der Waals surface area (Å²) in [5, 5.41) is 2.65. The molecule has 0 unspecified atom stereocenters. The molecule has 0 aromatic carbocycles. The number of aromatic nitrogens is 1. The lowest BCUT2D eigenvalue weighted by atomic mass is 10.4. The van der Waals surface area contributed by atoms with E-state index in [4.69, 9.17) is 0 Å². The Labute approximate surface area is 79.2 Å². The van der Waals surface area contributed by atoms with Crippen molar-refractivity contribution in [1.82, 2.24) is 4.98 Å². The van der Waals surface area contributed by atoms with Crippen molar-refractivity contribution in [3.63, 3.8) is 0 Å². The van der Waals surface area contributed by atoms with E-state index in [0.717, 1.165) is 12.8 Å². The summed E-state index contributed by atoms with van der Waals surface area (Å²) < 4.78 is 38.0. The van der Waals surface area contributed by atoms with Crippen molar-refractivity contribution >= 4 is 5.82 Å². The lowest BCUT2D eigenvalue weighted by Crippen LogP contribution is -2.08. The second kappa shape index (κ2) is 3.48. The second-order valence-corrected chi connectivity index (χ2v) is 3.42. The summed E-state index contributed by atoms with van der Waals surface area (Å²) in [6.07, 6.45) is 2.19. The Morgan fingerprint density at radius 2 is 2.00 bits per heavy atom. The summed E-state index contributed by atoms with van der Waals surface area (Å²) >= 11 is 0. The lowest BCUT2D eigenvalue weighted by molar-refractivity contribution is 0.466. The number of nitrogens with one attached hydrogen (secondary N) is 1. The van der Waals surface area contributed by atoms with Gasteiger partial charge in [-0.3, -0.25) is 0 Å². The van der Waals surface area contributed by atoms with Gasteiger partial charge < -0.3 is 5.32 Å². The predicted octanol–water partition coefficient (Wildman–Crippen LogP) is 2.32. The number of nitrogens with zero attached hydrogens (tertiary/aromatic N) is 1. The van der Waals surface area contributed by atoms with Crippen LogP contribution in [0.3, 0.4) is 0 Å². The van der Waals surface area contributed by atoms with Crippen molar-refractivity contribution in [2.75, 3.05) is 11.9 Å². The van der Waals surface area contributed by atoms with Crippen LogP contribution in [0.2, 0.25) is 0 Å². The minimum atomic E-state index is -1.27. The van der Waals surface area contributed by atoms with Crippen LogP contribution in [0.15, 0.2) is 6.07 Å². The largest absolute Gasteiger partial charge is 0.367 e. The van der Waals surface area contributed by atoms with Gasteiger partial charge in [-0.05, 0) is 18.8 Å². The van der Waals surface area contributed by atoms with Crippen molar-refractivity contribution in [3.05, 3.63) is 23.6 Å². The molecule has 2 nitrogen and oxygen atoms in total. The Kier molecular flexibility index (Phi) is 2.31. The van der Waals surface area contributed by atoms with Crippen molar-refractivity contribution in [1.29, 1.82) is 0 Å². The first-order valence-corrected chi connectivity index (χ1v) is 4.42. The molecule has 76 valence electrons. The van der Waals surface area contributed by atoms with Crippen LogP contribution in [0.1, 0.15) is 12.8 Å². The van der Waals surface area contributed by atoms with Gasteiger partial charge in [-0.2, -0.15) is 9.37 Å². The number of pyridine rings is 1. The van der Waals surface area contributed by atoms with Crippen molar-refractivity contribution < 1.29 is 13.2 Å². The minimum Gasteiger partial charge on any atom is -0.367 e. The number of hydrogen-bond donors (Lipinski definition) is 1. The molecule has 0 bridgehead atoms. The first kappa shape index (κ1) is 9.30. The summed E-state index contributed by atoms with van der Waals surface area (Å²) in [5.74, 6) is -3.09. The van der Waals surface area contributed by atoms with Crippen LogP contribution in [-0.4, -0.2) is 11.5 Å². The average Bonchev–Trinajstić information content (AvgIpc) is 2.92. The quantitative estimate of drug-likeness (QED) is 0.761. The summed E-state index contributed by atoms with van der Waals surface area (Å²) in [4.78, 5) is 3.14. The van der Waals surface area contributed by atoms with Gasteiger partial charge in [0.1, 0.15) is 0 Å². The molecule has 1 heterocycles. The van der Waals surface area contributed by atoms with Gasteiger partial charge in [0, 0.05) is 12.6 Å². The van der Waals surface area contributed by atoms with E-state index in [-0.39, 0.29) is 5.82 Å². The normalized spacial score (nSPS) is 15.6. The SMILES string of the molecule is Fc1cc(F)c(NCC2CC2)nc1F. The summed E-state index contributed by atoms with van der Waals surface area (Å²) in [7, 11) is 0. The summed E-state index contributed by atoms with van der Waals surface area (Å²) in [6, 6.07) is 0.498. The van der Waals surface area contributed by atoms with Gasteiger partial charge >= 0.3 is 0 Å². The standard InChI is InChI=1S/C9H9F3N2/c10-6-3-7(11)9(14-8(6)12)13-4-5-1-2-5/h3,5H,1-2,4H2,(H,13,14). The monoisotopic (exact) mass is 202 g/mol. The molecule has 0 amide bonds. The van der Waals surface area contributed by atoms with Gasteiger partial charge in [-0.1, -0.05) is 0 Å². The third kappa shape index (κ3) is 1.97. The zero-order valence-electron chi connectivity index (χ0n) is 7.36. The van der Waals surface area contributed by atoms with Crippen LogP contribution >= 0.6 is 0 Å². The van der Waals surface area contributed by atoms with Gasteiger partial charge in [0.05, 0.1) is 0 Å². The molecule has 14 heavy (non-hydrogen) atoms. The van der Waals surface area contributed by atoms with Gasteiger partial charge in [0.2, 0.25) is 0 Å². The van der Waals surface area contributed by atoms with Crippen LogP contribution < -0.4 is 5.32 Å². The molecule has 0 saturated heterocycles. The van der Waals surface area contributed by atoms with Crippen molar-refractivity contribution in [2.45, 2.75) is 12.8 Å². The molecular formula is C9H9F3N2. The highest BCUT2D eigenvalue weighted by molar-refractivity contribution is 5.36. The minimum absolute atomic E-state index is 0.212. The van der Waals surface area contributed by atoms with Crippen molar-refractivity contribution in [3.8, 4) is 0 Å². The Morgan fingerprint density at radius 3 is 2.64 bits per heavy atom. The fourth-order valence-electron chi connectivity index (χ4n) is 1.13. The third-order valence-electron chi connectivity index (χ3n) is 2.14. The first-order valence-electron chi connectivity index (χ1n) is 4.42. The molecule has 5 heteroatoms. The van der Waals surface area contributed by atoms with E-state index in [9.17, 15) is 13.2 Å². The Hall–Kier alpha value is -1.26. The Balaban J connectivity index is 2.10. The Morgan fingerprint density at radius 1 is 1.29 bits per heavy atom. The zero-order valence-corrected chi connectivity index (χ0v) is 7.36. The first-order chi connectivity index (χ1) is 6.66. The predicted molar refractivity (Wildman–Crippen MR) is 45.3 cm³/mol. The van der Waals surface area contributed by atoms with Gasteiger partial charge in [-0.25, -0.2) is 8.78 Å². The highest BCUT2D eigenvalue weighted by Crippen LogP contribution is 2.29. The summed E-state index contributed by atoms with van der Waals surface area (Å²) in [6.45, 7) is 0.564. The average molecular weight is 202 g/mol. The van der Waals surface area contributed by atoms with Gasteiger partial charge in [0.15, 0.2) is 17.5 Å². The molecule has 1 aliphatic carbocycles.